The Morgan fingerprint density at radius 3 is 0.963 bits per heavy atom. The first-order valence-electron chi connectivity index (χ1n) is 19.6. The van der Waals surface area contributed by atoms with Gasteiger partial charge in [-0.05, 0) is 97.6 Å². The third kappa shape index (κ3) is 6.09. The summed E-state index contributed by atoms with van der Waals surface area (Å²) < 4.78 is 28.6. The Hall–Kier alpha value is -4.62. The minimum Gasteiger partial charge on any atom is -0.448 e. The number of fused-ring (bicyclic) bond motifs is 2. The summed E-state index contributed by atoms with van der Waals surface area (Å²) in [4.78, 5) is 0. The molecule has 4 nitrogen and oxygen atoms in total. The maximum Gasteiger partial charge on any atom is 0.251 e. The zero-order valence-corrected chi connectivity index (χ0v) is 32.2. The number of hydrogen-bond acceptors (Lipinski definition) is 4. The Morgan fingerprint density at radius 2 is 0.648 bits per heavy atom. The van der Waals surface area contributed by atoms with E-state index in [-0.39, 0.29) is 0 Å². The Bertz CT molecular complexity index is 2010. The molecule has 6 aromatic carbocycles. The first kappa shape index (κ1) is 33.9. The lowest BCUT2D eigenvalue weighted by atomic mass is 9.94. The van der Waals surface area contributed by atoms with E-state index in [0.29, 0.717) is 0 Å². The molecule has 6 aromatic rings. The molecule has 0 amide bonds. The Labute approximate surface area is 321 Å². The molecule has 0 atom stereocenters. The molecule has 10 rings (SSSR count). The van der Waals surface area contributed by atoms with Crippen LogP contribution in [0.25, 0.3) is 11.1 Å². The lowest BCUT2D eigenvalue weighted by Crippen LogP contribution is -2.40. The van der Waals surface area contributed by atoms with Gasteiger partial charge in [0.1, 0.15) is 0 Å². The minimum atomic E-state index is -1.02. The van der Waals surface area contributed by atoms with Crippen molar-refractivity contribution in [3.63, 3.8) is 0 Å². The van der Waals surface area contributed by atoms with E-state index in [1.807, 2.05) is 0 Å². The van der Waals surface area contributed by atoms with Crippen LogP contribution < -0.4 is 50.8 Å². The van der Waals surface area contributed by atoms with Crippen LogP contribution in [0.1, 0.15) is 64.2 Å². The topological polar surface area (TPSA) is 36.9 Å². The molecular formula is C48H44O4P2. The van der Waals surface area contributed by atoms with Crippen molar-refractivity contribution in [2.45, 2.75) is 75.8 Å². The molecule has 4 aliphatic rings. The summed E-state index contributed by atoms with van der Waals surface area (Å²) in [6.45, 7) is 0. The SMILES string of the molecule is c1ccc(P(c2ccccc2)c2ccc3c(c2-c2c(P(c4ccccc4)c4ccccc4)ccc4c2OC2(CCCCC2)O4)OC2(CCCCC2)O3)cc1. The molecule has 2 aliphatic carbocycles. The number of ether oxygens (including phenoxy) is 4. The van der Waals surface area contributed by atoms with Gasteiger partial charge in [-0.3, -0.25) is 0 Å². The number of hydrogen-bond donors (Lipinski definition) is 0. The summed E-state index contributed by atoms with van der Waals surface area (Å²) in [5.74, 6) is 2.02. The lowest BCUT2D eigenvalue weighted by Gasteiger charge is -2.32. The van der Waals surface area contributed by atoms with Crippen LogP contribution in [0.4, 0.5) is 0 Å². The third-order valence-corrected chi connectivity index (χ3v) is 16.4. The normalized spacial score (nSPS) is 17.7. The van der Waals surface area contributed by atoms with E-state index >= 15 is 0 Å². The zero-order valence-electron chi connectivity index (χ0n) is 30.5. The molecule has 2 heterocycles. The Morgan fingerprint density at radius 1 is 0.333 bits per heavy atom. The van der Waals surface area contributed by atoms with Gasteiger partial charge in [0, 0.05) is 36.8 Å². The molecule has 0 N–H and O–H groups in total. The fraction of sp³-hybridized carbons (Fsp3) is 0.250. The number of rotatable bonds is 7. The maximum absolute atomic E-state index is 7.33. The van der Waals surface area contributed by atoms with E-state index in [9.17, 15) is 0 Å². The average Bonchev–Trinajstić information content (AvgIpc) is 3.77. The van der Waals surface area contributed by atoms with Crippen LogP contribution in [-0.4, -0.2) is 11.6 Å². The third-order valence-electron chi connectivity index (χ3n) is 11.4. The highest BCUT2D eigenvalue weighted by Crippen LogP contribution is 2.58. The standard InChI is InChI=1S/C48H44O4P2/c1-7-19-35(20-8-1)53(36-21-9-2-10-22-36)41-29-27-39-45(51-47(49-39)31-15-5-16-32-47)43(41)44-42(30-28-40-46(44)52-48(50-40)33-17-6-18-34-48)54(37-23-11-3-12-24-37)38-25-13-4-14-26-38/h1-4,7-14,19-30H,5-6,15-18,31-34H2. The molecule has 2 fully saturated rings. The van der Waals surface area contributed by atoms with E-state index in [2.05, 4.69) is 146 Å². The van der Waals surface area contributed by atoms with Crippen molar-refractivity contribution in [1.29, 1.82) is 0 Å². The number of benzene rings is 6. The summed E-state index contributed by atoms with van der Waals surface area (Å²) in [5, 5.41) is 7.61. The summed E-state index contributed by atoms with van der Waals surface area (Å²) >= 11 is 0. The predicted molar refractivity (Wildman–Crippen MR) is 223 cm³/mol. The van der Waals surface area contributed by atoms with Crippen LogP contribution in [-0.2, 0) is 0 Å². The van der Waals surface area contributed by atoms with Crippen molar-refractivity contribution in [1.82, 2.24) is 0 Å². The summed E-state index contributed by atoms with van der Waals surface area (Å²) in [6.07, 6.45) is 10.3. The smallest absolute Gasteiger partial charge is 0.251 e. The van der Waals surface area contributed by atoms with Gasteiger partial charge in [0.05, 0.1) is 0 Å². The van der Waals surface area contributed by atoms with Crippen molar-refractivity contribution in [3.05, 3.63) is 146 Å². The van der Waals surface area contributed by atoms with Gasteiger partial charge >= 0.3 is 0 Å². The Kier molecular flexibility index (Phi) is 8.93. The summed E-state index contributed by atoms with van der Waals surface area (Å²) in [7, 11) is -2.04. The van der Waals surface area contributed by atoms with Crippen LogP contribution in [0.2, 0.25) is 0 Å². The molecule has 6 heteroatoms. The minimum absolute atomic E-state index is 0.653. The highest BCUT2D eigenvalue weighted by molar-refractivity contribution is 7.80. The van der Waals surface area contributed by atoms with Gasteiger partial charge in [-0.1, -0.05) is 134 Å². The Balaban J connectivity index is 1.29. The summed E-state index contributed by atoms with van der Waals surface area (Å²) in [5.41, 5.74) is 2.16. The van der Waals surface area contributed by atoms with Gasteiger partial charge in [-0.2, -0.15) is 0 Å². The van der Waals surface area contributed by atoms with E-state index in [4.69, 9.17) is 18.9 Å². The molecule has 54 heavy (non-hydrogen) atoms. The molecule has 270 valence electrons. The van der Waals surface area contributed by atoms with Gasteiger partial charge in [-0.25, -0.2) is 0 Å². The molecule has 0 saturated heterocycles. The quantitative estimate of drug-likeness (QED) is 0.153. The van der Waals surface area contributed by atoms with Crippen LogP contribution in [0.5, 0.6) is 23.0 Å². The van der Waals surface area contributed by atoms with Crippen LogP contribution >= 0.6 is 15.8 Å². The zero-order chi connectivity index (χ0) is 36.0. The predicted octanol–water partition coefficient (Wildman–Crippen LogP) is 9.73. The van der Waals surface area contributed by atoms with Crippen LogP contribution in [0.3, 0.4) is 0 Å². The average molecular weight is 747 g/mol. The second-order valence-corrected chi connectivity index (χ2v) is 19.3. The molecule has 0 unspecified atom stereocenters. The highest BCUT2D eigenvalue weighted by atomic mass is 31.1. The molecule has 0 aromatic heterocycles. The lowest BCUT2D eigenvalue weighted by molar-refractivity contribution is -0.106. The van der Waals surface area contributed by atoms with Gasteiger partial charge in [0.15, 0.2) is 23.0 Å². The van der Waals surface area contributed by atoms with E-state index in [0.717, 1.165) is 85.5 Å². The molecular weight excluding hydrogens is 702 g/mol. The summed E-state index contributed by atoms with van der Waals surface area (Å²) in [6, 6.07) is 53.0. The van der Waals surface area contributed by atoms with E-state index < -0.39 is 27.4 Å². The van der Waals surface area contributed by atoms with Gasteiger partial charge in [-0.15, -0.1) is 0 Å². The van der Waals surface area contributed by atoms with Crippen molar-refractivity contribution >= 4 is 47.7 Å². The first-order chi connectivity index (χ1) is 26.7. The van der Waals surface area contributed by atoms with Crippen molar-refractivity contribution < 1.29 is 18.9 Å². The van der Waals surface area contributed by atoms with E-state index in [1.54, 1.807) is 0 Å². The fourth-order valence-electron chi connectivity index (χ4n) is 8.89. The molecule has 2 aliphatic heterocycles. The highest BCUT2D eigenvalue weighted by Gasteiger charge is 2.48. The monoisotopic (exact) mass is 746 g/mol. The van der Waals surface area contributed by atoms with Crippen molar-refractivity contribution in [3.8, 4) is 34.1 Å². The van der Waals surface area contributed by atoms with Gasteiger partial charge in [0.25, 0.3) is 11.6 Å². The molecule has 0 bridgehead atoms. The van der Waals surface area contributed by atoms with Crippen LogP contribution in [0, 0.1) is 0 Å². The second-order valence-electron chi connectivity index (χ2n) is 14.9. The molecule has 0 radical (unpaired) electrons. The van der Waals surface area contributed by atoms with E-state index in [1.165, 1.54) is 44.7 Å². The van der Waals surface area contributed by atoms with Crippen molar-refractivity contribution in [2.24, 2.45) is 0 Å². The molecule has 2 saturated carbocycles. The van der Waals surface area contributed by atoms with Gasteiger partial charge < -0.3 is 18.9 Å². The largest absolute Gasteiger partial charge is 0.448 e. The second kappa shape index (κ2) is 14.2. The first-order valence-corrected chi connectivity index (χ1v) is 22.3. The molecule has 2 spiro atoms. The van der Waals surface area contributed by atoms with Crippen LogP contribution in [0.15, 0.2) is 146 Å². The maximum atomic E-state index is 7.33. The van der Waals surface area contributed by atoms with Gasteiger partial charge in [0.2, 0.25) is 0 Å². The fourth-order valence-corrected chi connectivity index (χ4v) is 13.8. The van der Waals surface area contributed by atoms with Crippen molar-refractivity contribution in [2.75, 3.05) is 0 Å².